The van der Waals surface area contributed by atoms with Crippen LogP contribution in [0.4, 0.5) is 23.7 Å². The molecule has 150 valence electrons. The Morgan fingerprint density at radius 3 is 2.50 bits per heavy atom. The van der Waals surface area contributed by atoms with E-state index < -0.39 is 18.9 Å². The van der Waals surface area contributed by atoms with Crippen LogP contribution in [0.15, 0.2) is 41.8 Å². The van der Waals surface area contributed by atoms with Gasteiger partial charge in [0, 0.05) is 35.1 Å². The number of likely N-dealkylation sites (tertiary alicyclic amines) is 1. The van der Waals surface area contributed by atoms with Gasteiger partial charge in [-0.05, 0) is 30.4 Å². The minimum atomic E-state index is -4.55. The van der Waals surface area contributed by atoms with Crippen LogP contribution in [-0.2, 0) is 9.53 Å². The molecule has 2 amide bonds. The fourth-order valence-electron chi connectivity index (χ4n) is 3.03. The zero-order valence-electron chi connectivity index (χ0n) is 14.9. The highest BCUT2D eigenvalue weighted by atomic mass is 32.1. The number of piperidine rings is 1. The Bertz CT molecular complexity index is 816. The number of thiophene rings is 1. The number of benzene rings is 1. The van der Waals surface area contributed by atoms with Gasteiger partial charge in [-0.25, -0.2) is 4.79 Å². The SMILES string of the molecule is O=C(Nc1ccccc1-c1cccs1)C1CCN(C(=O)OCC(F)(F)F)CC1. The number of carbonyl (C=O) groups is 2. The van der Waals surface area contributed by atoms with Crippen molar-refractivity contribution in [1.82, 2.24) is 4.90 Å². The molecule has 1 aromatic carbocycles. The monoisotopic (exact) mass is 412 g/mol. The maximum atomic E-state index is 12.6. The Kier molecular flexibility index (Phi) is 6.23. The molecule has 1 aromatic heterocycles. The molecule has 0 atom stereocenters. The number of halogens is 3. The lowest BCUT2D eigenvalue weighted by Gasteiger charge is -2.30. The van der Waals surface area contributed by atoms with E-state index in [0.29, 0.717) is 18.5 Å². The van der Waals surface area contributed by atoms with E-state index in [-0.39, 0.29) is 24.9 Å². The number of alkyl halides is 3. The van der Waals surface area contributed by atoms with Crippen LogP contribution in [0.5, 0.6) is 0 Å². The van der Waals surface area contributed by atoms with E-state index in [9.17, 15) is 22.8 Å². The van der Waals surface area contributed by atoms with Gasteiger partial charge >= 0.3 is 12.3 Å². The first-order valence-corrected chi connectivity index (χ1v) is 9.63. The standard InChI is InChI=1S/C19H19F3N2O3S/c20-19(21,22)12-27-18(26)24-9-7-13(8-10-24)17(25)23-15-5-2-1-4-14(15)16-6-3-11-28-16/h1-6,11,13H,7-10,12H2,(H,23,25). The molecule has 28 heavy (non-hydrogen) atoms. The molecular weight excluding hydrogens is 393 g/mol. The zero-order chi connectivity index (χ0) is 20.1. The molecule has 0 aliphatic carbocycles. The second kappa shape index (κ2) is 8.64. The van der Waals surface area contributed by atoms with E-state index in [2.05, 4.69) is 10.1 Å². The number of hydrogen-bond donors (Lipinski definition) is 1. The van der Waals surface area contributed by atoms with Crippen molar-refractivity contribution in [3.05, 3.63) is 41.8 Å². The van der Waals surface area contributed by atoms with Gasteiger partial charge in [0.15, 0.2) is 6.61 Å². The van der Waals surface area contributed by atoms with Gasteiger partial charge in [-0.2, -0.15) is 13.2 Å². The maximum absolute atomic E-state index is 12.6. The first-order valence-electron chi connectivity index (χ1n) is 8.76. The number of carbonyl (C=O) groups excluding carboxylic acids is 2. The van der Waals surface area contributed by atoms with Crippen LogP contribution < -0.4 is 5.32 Å². The molecule has 0 bridgehead atoms. The molecule has 2 heterocycles. The fourth-order valence-corrected chi connectivity index (χ4v) is 3.80. The summed E-state index contributed by atoms with van der Waals surface area (Å²) < 4.78 is 40.7. The predicted molar refractivity (Wildman–Crippen MR) is 100 cm³/mol. The number of rotatable bonds is 4. The Labute approximate surface area is 164 Å². The first-order chi connectivity index (χ1) is 13.3. The van der Waals surface area contributed by atoms with Gasteiger partial charge in [0.05, 0.1) is 0 Å². The molecule has 1 saturated heterocycles. The molecular formula is C19H19F3N2O3S. The van der Waals surface area contributed by atoms with Crippen LogP contribution in [0.25, 0.3) is 10.4 Å². The second-order valence-electron chi connectivity index (χ2n) is 6.44. The third kappa shape index (κ3) is 5.25. The van der Waals surface area contributed by atoms with Crippen molar-refractivity contribution in [2.24, 2.45) is 5.92 Å². The summed E-state index contributed by atoms with van der Waals surface area (Å²) in [6.07, 6.45) is -4.81. The highest BCUT2D eigenvalue weighted by Crippen LogP contribution is 2.32. The Hall–Kier alpha value is -2.55. The molecule has 1 fully saturated rings. The smallest absolute Gasteiger partial charge is 0.422 e. The lowest BCUT2D eigenvalue weighted by atomic mass is 9.96. The molecule has 5 nitrogen and oxygen atoms in total. The normalized spacial score (nSPS) is 15.3. The zero-order valence-corrected chi connectivity index (χ0v) is 15.7. The minimum Gasteiger partial charge on any atom is -0.440 e. The van der Waals surface area contributed by atoms with Gasteiger partial charge in [0.2, 0.25) is 5.91 Å². The van der Waals surface area contributed by atoms with Crippen molar-refractivity contribution in [1.29, 1.82) is 0 Å². The van der Waals surface area contributed by atoms with Crippen LogP contribution in [-0.4, -0.2) is 42.8 Å². The summed E-state index contributed by atoms with van der Waals surface area (Å²) in [6, 6.07) is 11.4. The predicted octanol–water partition coefficient (Wildman–Crippen LogP) is 4.76. The van der Waals surface area contributed by atoms with Crippen LogP contribution in [0, 0.1) is 5.92 Å². The minimum absolute atomic E-state index is 0.160. The average molecular weight is 412 g/mol. The Morgan fingerprint density at radius 2 is 1.86 bits per heavy atom. The molecule has 0 spiro atoms. The first kappa shape index (κ1) is 20.2. The Balaban J connectivity index is 1.55. The third-order valence-corrected chi connectivity index (χ3v) is 5.36. The molecule has 1 aliphatic heterocycles. The summed E-state index contributed by atoms with van der Waals surface area (Å²) >= 11 is 1.57. The van der Waals surface area contributed by atoms with Crippen LogP contribution >= 0.6 is 11.3 Å². The lowest BCUT2D eigenvalue weighted by molar-refractivity contribution is -0.162. The summed E-state index contributed by atoms with van der Waals surface area (Å²) in [5.41, 5.74) is 1.64. The van der Waals surface area contributed by atoms with Gasteiger partial charge in [0.1, 0.15) is 0 Å². The van der Waals surface area contributed by atoms with E-state index in [1.54, 1.807) is 11.3 Å². The average Bonchev–Trinajstić information content (AvgIpc) is 3.20. The molecule has 0 unspecified atom stereocenters. The highest BCUT2D eigenvalue weighted by molar-refractivity contribution is 7.13. The second-order valence-corrected chi connectivity index (χ2v) is 7.39. The van der Waals surface area contributed by atoms with Crippen molar-refractivity contribution < 1.29 is 27.5 Å². The van der Waals surface area contributed by atoms with Gasteiger partial charge in [-0.1, -0.05) is 24.3 Å². The summed E-state index contributed by atoms with van der Waals surface area (Å²) in [6.45, 7) is -1.24. The van der Waals surface area contributed by atoms with Gasteiger partial charge < -0.3 is 15.0 Å². The number of ether oxygens (including phenoxy) is 1. The number of amides is 2. The summed E-state index contributed by atoms with van der Waals surface area (Å²) in [7, 11) is 0. The molecule has 9 heteroatoms. The van der Waals surface area contributed by atoms with Crippen LogP contribution in [0.2, 0.25) is 0 Å². The topological polar surface area (TPSA) is 58.6 Å². The van der Waals surface area contributed by atoms with Gasteiger partial charge in [0.25, 0.3) is 0 Å². The largest absolute Gasteiger partial charge is 0.440 e. The van der Waals surface area contributed by atoms with E-state index >= 15 is 0 Å². The molecule has 1 N–H and O–H groups in total. The number of para-hydroxylation sites is 1. The van der Waals surface area contributed by atoms with E-state index in [4.69, 9.17) is 0 Å². The van der Waals surface area contributed by atoms with E-state index in [1.165, 1.54) is 4.90 Å². The molecule has 0 saturated carbocycles. The van der Waals surface area contributed by atoms with Crippen LogP contribution in [0.1, 0.15) is 12.8 Å². The number of anilines is 1. The summed E-state index contributed by atoms with van der Waals surface area (Å²) in [5.74, 6) is -0.477. The van der Waals surface area contributed by atoms with Crippen molar-refractivity contribution in [2.75, 3.05) is 25.0 Å². The molecule has 0 radical (unpaired) electrons. The maximum Gasteiger partial charge on any atom is 0.422 e. The summed E-state index contributed by atoms with van der Waals surface area (Å²) in [4.78, 5) is 26.6. The van der Waals surface area contributed by atoms with Crippen LogP contribution in [0.3, 0.4) is 0 Å². The van der Waals surface area contributed by atoms with E-state index in [1.807, 2.05) is 41.8 Å². The highest BCUT2D eigenvalue weighted by Gasteiger charge is 2.33. The number of hydrogen-bond acceptors (Lipinski definition) is 4. The third-order valence-electron chi connectivity index (χ3n) is 4.45. The number of nitrogens with zero attached hydrogens (tertiary/aromatic N) is 1. The fraction of sp³-hybridized carbons (Fsp3) is 0.368. The van der Waals surface area contributed by atoms with Crippen molar-refractivity contribution in [2.45, 2.75) is 19.0 Å². The number of nitrogens with one attached hydrogen (secondary N) is 1. The summed E-state index contributed by atoms with van der Waals surface area (Å²) in [5, 5.41) is 4.90. The van der Waals surface area contributed by atoms with Crippen molar-refractivity contribution in [3.8, 4) is 10.4 Å². The van der Waals surface area contributed by atoms with Gasteiger partial charge in [-0.15, -0.1) is 11.3 Å². The Morgan fingerprint density at radius 1 is 1.14 bits per heavy atom. The molecule has 2 aromatic rings. The quantitative estimate of drug-likeness (QED) is 0.787. The van der Waals surface area contributed by atoms with Crippen molar-refractivity contribution >= 4 is 29.0 Å². The van der Waals surface area contributed by atoms with E-state index in [0.717, 1.165) is 10.4 Å². The lowest BCUT2D eigenvalue weighted by Crippen LogP contribution is -2.42. The molecule has 1 aliphatic rings. The van der Waals surface area contributed by atoms with Gasteiger partial charge in [-0.3, -0.25) is 4.79 Å². The van der Waals surface area contributed by atoms with Crippen molar-refractivity contribution in [3.63, 3.8) is 0 Å². The molecule has 3 rings (SSSR count).